The highest BCUT2D eigenvalue weighted by Gasteiger charge is 2.28. The molecule has 0 aromatic carbocycles. The van der Waals surface area contributed by atoms with E-state index in [-0.39, 0.29) is 11.8 Å². The number of amides is 2. The summed E-state index contributed by atoms with van der Waals surface area (Å²) in [6.07, 6.45) is 0.518. The Bertz CT molecular complexity index is 382. The molecular weight excluding hydrogens is 274 g/mol. The Labute approximate surface area is 125 Å². The lowest BCUT2D eigenvalue weighted by Crippen LogP contribution is -2.56. The zero-order valence-corrected chi connectivity index (χ0v) is 13.3. The number of hydrogen-bond acceptors (Lipinski definition) is 4. The molecule has 0 aromatic heterocycles. The summed E-state index contributed by atoms with van der Waals surface area (Å²) in [5.74, 6) is -1.97. The number of rotatable bonds is 8. The maximum Gasteiger partial charge on any atom is 0.325 e. The first-order chi connectivity index (χ1) is 9.56. The summed E-state index contributed by atoms with van der Waals surface area (Å²) >= 11 is 0. The molecule has 0 aromatic rings. The van der Waals surface area contributed by atoms with E-state index in [4.69, 9.17) is 10.8 Å². The standard InChI is InChI=1S/C14H27N3O4/c1-7(2)6-10(15)12(18)17-11(8(3)4)13(19)16-9(5)14(20)21/h7-11H,6,15H2,1-5H3,(H,16,19)(H,17,18)(H,20,21). The Morgan fingerprint density at radius 1 is 1.00 bits per heavy atom. The lowest BCUT2D eigenvalue weighted by molar-refractivity contribution is -0.142. The van der Waals surface area contributed by atoms with Gasteiger partial charge in [-0.2, -0.15) is 0 Å². The average molecular weight is 301 g/mol. The Morgan fingerprint density at radius 3 is 1.90 bits per heavy atom. The SMILES string of the molecule is CC(C)CC(N)C(=O)NC(C(=O)NC(C)C(=O)O)C(C)C. The van der Waals surface area contributed by atoms with E-state index in [0.29, 0.717) is 6.42 Å². The van der Waals surface area contributed by atoms with Crippen LogP contribution in [0.1, 0.15) is 41.0 Å². The summed E-state index contributed by atoms with van der Waals surface area (Å²) in [5.41, 5.74) is 5.78. The van der Waals surface area contributed by atoms with Crippen molar-refractivity contribution in [3.8, 4) is 0 Å². The number of carboxylic acids is 1. The second-order valence-electron chi connectivity index (χ2n) is 6.03. The molecule has 2 amide bonds. The zero-order valence-electron chi connectivity index (χ0n) is 13.3. The molecule has 0 saturated carbocycles. The molecule has 122 valence electrons. The first-order valence-electron chi connectivity index (χ1n) is 7.15. The van der Waals surface area contributed by atoms with E-state index in [1.807, 2.05) is 13.8 Å². The third kappa shape index (κ3) is 7.08. The molecule has 0 saturated heterocycles. The van der Waals surface area contributed by atoms with E-state index >= 15 is 0 Å². The van der Waals surface area contributed by atoms with E-state index in [1.165, 1.54) is 6.92 Å². The van der Waals surface area contributed by atoms with Crippen molar-refractivity contribution >= 4 is 17.8 Å². The van der Waals surface area contributed by atoms with Gasteiger partial charge in [-0.25, -0.2) is 0 Å². The maximum atomic E-state index is 12.0. The molecule has 21 heavy (non-hydrogen) atoms. The number of carboxylic acid groups (broad SMARTS) is 1. The van der Waals surface area contributed by atoms with Gasteiger partial charge >= 0.3 is 5.97 Å². The van der Waals surface area contributed by atoms with Crippen molar-refractivity contribution in [2.75, 3.05) is 0 Å². The minimum absolute atomic E-state index is 0.179. The van der Waals surface area contributed by atoms with Crippen LogP contribution >= 0.6 is 0 Å². The molecule has 0 rings (SSSR count). The van der Waals surface area contributed by atoms with Gasteiger partial charge in [0.15, 0.2) is 0 Å². The molecule has 0 fully saturated rings. The molecule has 5 N–H and O–H groups in total. The van der Waals surface area contributed by atoms with Gasteiger partial charge in [-0.05, 0) is 25.2 Å². The molecule has 0 bridgehead atoms. The van der Waals surface area contributed by atoms with Crippen LogP contribution in [0, 0.1) is 11.8 Å². The molecule has 0 spiro atoms. The quantitative estimate of drug-likeness (QED) is 0.506. The second kappa shape index (κ2) is 8.61. The van der Waals surface area contributed by atoms with Crippen molar-refractivity contribution in [3.05, 3.63) is 0 Å². The third-order valence-corrected chi connectivity index (χ3v) is 3.04. The van der Waals surface area contributed by atoms with Crippen LogP contribution in [0.2, 0.25) is 0 Å². The number of hydrogen-bond donors (Lipinski definition) is 4. The van der Waals surface area contributed by atoms with Crippen LogP contribution in [0.5, 0.6) is 0 Å². The maximum absolute atomic E-state index is 12.0. The third-order valence-electron chi connectivity index (χ3n) is 3.04. The van der Waals surface area contributed by atoms with Gasteiger partial charge in [0.1, 0.15) is 12.1 Å². The van der Waals surface area contributed by atoms with E-state index in [9.17, 15) is 14.4 Å². The van der Waals surface area contributed by atoms with Crippen molar-refractivity contribution in [2.45, 2.75) is 59.2 Å². The zero-order chi connectivity index (χ0) is 16.7. The van der Waals surface area contributed by atoms with Gasteiger partial charge in [0, 0.05) is 0 Å². The Morgan fingerprint density at radius 2 is 1.52 bits per heavy atom. The summed E-state index contributed by atoms with van der Waals surface area (Å²) in [4.78, 5) is 34.8. The smallest absolute Gasteiger partial charge is 0.325 e. The highest BCUT2D eigenvalue weighted by Crippen LogP contribution is 2.06. The fourth-order valence-corrected chi connectivity index (χ4v) is 1.78. The molecule has 3 atom stereocenters. The molecule has 7 nitrogen and oxygen atoms in total. The first-order valence-corrected chi connectivity index (χ1v) is 7.15. The Hall–Kier alpha value is -1.63. The fourth-order valence-electron chi connectivity index (χ4n) is 1.78. The van der Waals surface area contributed by atoms with E-state index in [0.717, 1.165) is 0 Å². The largest absolute Gasteiger partial charge is 0.480 e. The topological polar surface area (TPSA) is 122 Å². The van der Waals surface area contributed by atoms with Crippen molar-refractivity contribution in [3.63, 3.8) is 0 Å². The van der Waals surface area contributed by atoms with Crippen LogP contribution < -0.4 is 16.4 Å². The summed E-state index contributed by atoms with van der Waals surface area (Å²) in [7, 11) is 0. The number of nitrogens with one attached hydrogen (secondary N) is 2. The van der Waals surface area contributed by atoms with Gasteiger partial charge in [0.25, 0.3) is 0 Å². The minimum atomic E-state index is -1.13. The highest BCUT2D eigenvalue weighted by atomic mass is 16.4. The monoisotopic (exact) mass is 301 g/mol. The van der Waals surface area contributed by atoms with Crippen LogP contribution in [0.15, 0.2) is 0 Å². The van der Waals surface area contributed by atoms with Gasteiger partial charge in [-0.1, -0.05) is 27.7 Å². The molecule has 7 heteroatoms. The van der Waals surface area contributed by atoms with Crippen LogP contribution in [-0.2, 0) is 14.4 Å². The van der Waals surface area contributed by atoms with Gasteiger partial charge in [0.05, 0.1) is 6.04 Å². The summed E-state index contributed by atoms with van der Waals surface area (Å²) in [6, 6.07) is -2.51. The molecule has 0 heterocycles. The van der Waals surface area contributed by atoms with Crippen molar-refractivity contribution < 1.29 is 19.5 Å². The lowest BCUT2D eigenvalue weighted by atomic mass is 10.0. The number of aliphatic carboxylic acids is 1. The molecule has 0 radical (unpaired) electrons. The first kappa shape index (κ1) is 19.4. The summed E-state index contributed by atoms with van der Waals surface area (Å²) in [6.45, 7) is 8.81. The molecule has 0 aliphatic carbocycles. The van der Waals surface area contributed by atoms with Gasteiger partial charge < -0.3 is 21.5 Å². The predicted octanol–water partition coefficient (Wildman–Crippen LogP) is 0.0899. The average Bonchev–Trinajstić information content (AvgIpc) is 2.33. The number of carbonyl (C=O) groups excluding carboxylic acids is 2. The van der Waals surface area contributed by atoms with Gasteiger partial charge in [-0.3, -0.25) is 14.4 Å². The predicted molar refractivity (Wildman–Crippen MR) is 79.4 cm³/mol. The van der Waals surface area contributed by atoms with Crippen LogP contribution in [0.3, 0.4) is 0 Å². The number of nitrogens with two attached hydrogens (primary N) is 1. The Balaban J connectivity index is 4.73. The van der Waals surface area contributed by atoms with Crippen LogP contribution in [0.4, 0.5) is 0 Å². The molecule has 0 aliphatic rings. The highest BCUT2D eigenvalue weighted by molar-refractivity contribution is 5.91. The van der Waals surface area contributed by atoms with Crippen molar-refractivity contribution in [1.82, 2.24) is 10.6 Å². The van der Waals surface area contributed by atoms with Gasteiger partial charge in [0.2, 0.25) is 11.8 Å². The summed E-state index contributed by atoms with van der Waals surface area (Å²) in [5, 5.41) is 13.7. The molecule has 3 unspecified atom stereocenters. The van der Waals surface area contributed by atoms with E-state index in [1.54, 1.807) is 13.8 Å². The number of carbonyl (C=O) groups is 3. The van der Waals surface area contributed by atoms with Crippen molar-refractivity contribution in [2.24, 2.45) is 17.6 Å². The van der Waals surface area contributed by atoms with Crippen LogP contribution in [-0.4, -0.2) is 41.0 Å². The molecular formula is C14H27N3O4. The molecule has 0 aliphatic heterocycles. The minimum Gasteiger partial charge on any atom is -0.480 e. The lowest BCUT2D eigenvalue weighted by Gasteiger charge is -2.24. The Kier molecular flexibility index (Phi) is 7.94. The van der Waals surface area contributed by atoms with E-state index in [2.05, 4.69) is 10.6 Å². The normalized spacial score (nSPS) is 15.4. The second-order valence-corrected chi connectivity index (χ2v) is 6.03. The van der Waals surface area contributed by atoms with Gasteiger partial charge in [-0.15, -0.1) is 0 Å². The van der Waals surface area contributed by atoms with E-state index < -0.39 is 35.9 Å². The van der Waals surface area contributed by atoms with Crippen molar-refractivity contribution in [1.29, 1.82) is 0 Å². The fraction of sp³-hybridized carbons (Fsp3) is 0.786. The van der Waals surface area contributed by atoms with Crippen LogP contribution in [0.25, 0.3) is 0 Å². The summed E-state index contributed by atoms with van der Waals surface area (Å²) < 4.78 is 0.